The smallest absolute Gasteiger partial charge is 0.285 e. The SMILES string of the molecule is CCC(NC(=O)c1cc(N)c(F)cc1[N+](=O)[O-])C(C)C. The normalized spacial score (nSPS) is 12.2. The summed E-state index contributed by atoms with van der Waals surface area (Å²) in [7, 11) is 0. The Balaban J connectivity index is 3.15. The van der Waals surface area contributed by atoms with Crippen LogP contribution in [-0.2, 0) is 0 Å². The van der Waals surface area contributed by atoms with Gasteiger partial charge in [-0.25, -0.2) is 4.39 Å². The molecule has 1 amide bonds. The van der Waals surface area contributed by atoms with E-state index in [1.165, 1.54) is 0 Å². The van der Waals surface area contributed by atoms with E-state index in [1.54, 1.807) is 0 Å². The largest absolute Gasteiger partial charge is 0.396 e. The van der Waals surface area contributed by atoms with Crippen molar-refractivity contribution >= 4 is 17.3 Å². The van der Waals surface area contributed by atoms with Crippen molar-refractivity contribution in [3.05, 3.63) is 33.6 Å². The van der Waals surface area contributed by atoms with E-state index in [0.717, 1.165) is 6.07 Å². The van der Waals surface area contributed by atoms with Gasteiger partial charge in [0.25, 0.3) is 11.6 Å². The molecule has 0 aliphatic rings. The van der Waals surface area contributed by atoms with Crippen LogP contribution >= 0.6 is 0 Å². The maximum atomic E-state index is 13.3. The van der Waals surface area contributed by atoms with Crippen LogP contribution in [0.2, 0.25) is 0 Å². The Morgan fingerprint density at radius 1 is 1.50 bits per heavy atom. The second kappa shape index (κ2) is 6.31. The molecule has 0 saturated heterocycles. The highest BCUT2D eigenvalue weighted by Crippen LogP contribution is 2.24. The highest BCUT2D eigenvalue weighted by molar-refractivity contribution is 5.99. The molecule has 0 fully saturated rings. The molecule has 20 heavy (non-hydrogen) atoms. The van der Waals surface area contributed by atoms with Gasteiger partial charge >= 0.3 is 0 Å². The Morgan fingerprint density at radius 2 is 2.10 bits per heavy atom. The Hall–Kier alpha value is -2.18. The molecule has 3 N–H and O–H groups in total. The number of benzene rings is 1. The lowest BCUT2D eigenvalue weighted by Crippen LogP contribution is -2.38. The third kappa shape index (κ3) is 3.43. The third-order valence-electron chi connectivity index (χ3n) is 3.12. The average Bonchev–Trinajstić information content (AvgIpc) is 2.37. The van der Waals surface area contributed by atoms with Crippen molar-refractivity contribution in [1.29, 1.82) is 0 Å². The first-order chi connectivity index (χ1) is 9.27. The quantitative estimate of drug-likeness (QED) is 0.492. The number of hydrogen-bond donors (Lipinski definition) is 2. The van der Waals surface area contributed by atoms with Crippen LogP contribution in [0.5, 0.6) is 0 Å². The predicted octanol–water partition coefficient (Wildman–Crippen LogP) is 2.48. The van der Waals surface area contributed by atoms with Gasteiger partial charge in [-0.05, 0) is 18.4 Å². The number of nitrogens with one attached hydrogen (secondary N) is 1. The molecule has 7 heteroatoms. The molecule has 0 saturated carbocycles. The molecule has 0 bridgehead atoms. The Labute approximate surface area is 116 Å². The van der Waals surface area contributed by atoms with E-state index < -0.39 is 22.3 Å². The van der Waals surface area contributed by atoms with Crippen molar-refractivity contribution in [2.24, 2.45) is 5.92 Å². The fourth-order valence-electron chi connectivity index (χ4n) is 1.90. The first-order valence-electron chi connectivity index (χ1n) is 6.32. The molecule has 1 aromatic rings. The molecule has 0 heterocycles. The lowest BCUT2D eigenvalue weighted by Gasteiger charge is -2.20. The van der Waals surface area contributed by atoms with Crippen LogP contribution in [0.3, 0.4) is 0 Å². The Kier molecular flexibility index (Phi) is 5.01. The van der Waals surface area contributed by atoms with Crippen LogP contribution in [0, 0.1) is 21.8 Å². The number of nitrogens with zero attached hydrogens (tertiary/aromatic N) is 1. The molecule has 6 nitrogen and oxygen atoms in total. The Bertz CT molecular complexity index is 532. The number of rotatable bonds is 5. The van der Waals surface area contributed by atoms with Crippen molar-refractivity contribution in [2.75, 3.05) is 5.73 Å². The van der Waals surface area contributed by atoms with E-state index in [-0.39, 0.29) is 23.2 Å². The van der Waals surface area contributed by atoms with Gasteiger partial charge in [0.05, 0.1) is 16.7 Å². The summed E-state index contributed by atoms with van der Waals surface area (Å²) in [5, 5.41) is 13.6. The Morgan fingerprint density at radius 3 is 2.55 bits per heavy atom. The summed E-state index contributed by atoms with van der Waals surface area (Å²) in [4.78, 5) is 22.2. The summed E-state index contributed by atoms with van der Waals surface area (Å²) in [6.07, 6.45) is 0.688. The molecule has 0 aromatic heterocycles. The van der Waals surface area contributed by atoms with E-state index >= 15 is 0 Å². The number of nitro groups is 1. The molecule has 110 valence electrons. The lowest BCUT2D eigenvalue weighted by molar-refractivity contribution is -0.385. The molecular formula is C13H18FN3O3. The van der Waals surface area contributed by atoms with E-state index in [4.69, 9.17) is 5.73 Å². The summed E-state index contributed by atoms with van der Waals surface area (Å²) in [5.41, 5.74) is 4.26. The van der Waals surface area contributed by atoms with Gasteiger partial charge < -0.3 is 11.1 Å². The van der Waals surface area contributed by atoms with Crippen LogP contribution in [0.4, 0.5) is 15.8 Å². The first kappa shape index (κ1) is 15.9. The number of nitro benzene ring substituents is 1. The highest BCUT2D eigenvalue weighted by Gasteiger charge is 2.25. The van der Waals surface area contributed by atoms with Crippen molar-refractivity contribution in [3.8, 4) is 0 Å². The molecule has 0 radical (unpaired) electrons. The molecular weight excluding hydrogens is 265 g/mol. The zero-order chi connectivity index (χ0) is 15.4. The molecule has 1 unspecified atom stereocenters. The minimum atomic E-state index is -0.913. The number of halogens is 1. The molecule has 1 rings (SSSR count). The second-order valence-electron chi connectivity index (χ2n) is 4.88. The first-order valence-corrected chi connectivity index (χ1v) is 6.32. The number of nitrogens with two attached hydrogens (primary N) is 1. The topological polar surface area (TPSA) is 98.3 Å². The minimum Gasteiger partial charge on any atom is -0.396 e. The molecule has 1 aromatic carbocycles. The number of nitrogen functional groups attached to an aromatic ring is 1. The fourth-order valence-corrected chi connectivity index (χ4v) is 1.90. The molecule has 1 atom stereocenters. The maximum absolute atomic E-state index is 13.3. The molecule has 0 aliphatic carbocycles. The predicted molar refractivity (Wildman–Crippen MR) is 73.9 cm³/mol. The van der Waals surface area contributed by atoms with Crippen molar-refractivity contribution in [1.82, 2.24) is 5.32 Å². The van der Waals surface area contributed by atoms with Crippen LogP contribution in [0.1, 0.15) is 37.6 Å². The molecule has 0 aliphatic heterocycles. The summed E-state index contributed by atoms with van der Waals surface area (Å²) >= 11 is 0. The lowest BCUT2D eigenvalue weighted by atomic mass is 10.0. The monoisotopic (exact) mass is 283 g/mol. The van der Waals surface area contributed by atoms with Gasteiger partial charge in [-0.3, -0.25) is 14.9 Å². The van der Waals surface area contributed by atoms with Gasteiger partial charge in [0.1, 0.15) is 5.56 Å². The zero-order valence-electron chi connectivity index (χ0n) is 11.6. The van der Waals surface area contributed by atoms with Gasteiger partial charge in [0, 0.05) is 6.04 Å². The summed E-state index contributed by atoms with van der Waals surface area (Å²) in [6, 6.07) is 1.55. The summed E-state index contributed by atoms with van der Waals surface area (Å²) in [6.45, 7) is 5.77. The van der Waals surface area contributed by atoms with Crippen molar-refractivity contribution < 1.29 is 14.1 Å². The maximum Gasteiger partial charge on any atom is 0.285 e. The minimum absolute atomic E-state index is 0.117. The zero-order valence-corrected chi connectivity index (χ0v) is 11.6. The third-order valence-corrected chi connectivity index (χ3v) is 3.12. The summed E-state index contributed by atoms with van der Waals surface area (Å²) in [5.74, 6) is -1.35. The molecule has 0 spiro atoms. The van der Waals surface area contributed by atoms with Crippen LogP contribution in [0.15, 0.2) is 12.1 Å². The second-order valence-corrected chi connectivity index (χ2v) is 4.88. The van der Waals surface area contributed by atoms with Crippen molar-refractivity contribution in [3.63, 3.8) is 0 Å². The number of amides is 1. The van der Waals surface area contributed by atoms with Gasteiger partial charge in [-0.2, -0.15) is 0 Å². The summed E-state index contributed by atoms with van der Waals surface area (Å²) < 4.78 is 13.3. The van der Waals surface area contributed by atoms with Crippen LogP contribution in [-0.4, -0.2) is 16.9 Å². The number of carbonyl (C=O) groups excluding carboxylic acids is 1. The van der Waals surface area contributed by atoms with Gasteiger partial charge in [-0.1, -0.05) is 20.8 Å². The van der Waals surface area contributed by atoms with E-state index in [2.05, 4.69) is 5.32 Å². The van der Waals surface area contributed by atoms with E-state index in [1.807, 2.05) is 20.8 Å². The number of anilines is 1. The van der Waals surface area contributed by atoms with Gasteiger partial charge in [0.15, 0.2) is 5.82 Å². The van der Waals surface area contributed by atoms with Gasteiger partial charge in [-0.15, -0.1) is 0 Å². The highest BCUT2D eigenvalue weighted by atomic mass is 19.1. The van der Waals surface area contributed by atoms with Crippen LogP contribution in [0.25, 0.3) is 0 Å². The van der Waals surface area contributed by atoms with Crippen molar-refractivity contribution in [2.45, 2.75) is 33.2 Å². The van der Waals surface area contributed by atoms with E-state index in [9.17, 15) is 19.3 Å². The standard InChI is InChI=1S/C13H18FN3O3/c1-4-11(7(2)3)16-13(18)8-5-10(15)9(14)6-12(8)17(19)20/h5-7,11H,4,15H2,1-3H3,(H,16,18). The number of hydrogen-bond acceptors (Lipinski definition) is 4. The number of carbonyl (C=O) groups is 1. The van der Waals surface area contributed by atoms with Crippen LogP contribution < -0.4 is 11.1 Å². The average molecular weight is 283 g/mol. The fraction of sp³-hybridized carbons (Fsp3) is 0.462. The van der Waals surface area contributed by atoms with Gasteiger partial charge in [0.2, 0.25) is 0 Å². The van der Waals surface area contributed by atoms with E-state index in [0.29, 0.717) is 12.5 Å².